The van der Waals surface area contributed by atoms with Crippen LogP contribution in [0.4, 0.5) is 0 Å². The fourth-order valence-corrected chi connectivity index (χ4v) is 5.30. The van der Waals surface area contributed by atoms with Gasteiger partial charge in [0.2, 0.25) is 11.8 Å². The van der Waals surface area contributed by atoms with Crippen molar-refractivity contribution >= 4 is 35.0 Å². The lowest BCUT2D eigenvalue weighted by molar-refractivity contribution is -0.141. The highest BCUT2D eigenvalue weighted by molar-refractivity contribution is 6.35. The van der Waals surface area contributed by atoms with E-state index in [2.05, 4.69) is 5.32 Å². The zero-order chi connectivity index (χ0) is 25.5. The van der Waals surface area contributed by atoms with Crippen molar-refractivity contribution in [2.24, 2.45) is 0 Å². The fraction of sp³-hybridized carbons (Fsp3) is 0.333. The minimum atomic E-state index is -0.647. The average molecular weight is 524 g/mol. The predicted octanol–water partition coefficient (Wildman–Crippen LogP) is 6.54. The van der Waals surface area contributed by atoms with Gasteiger partial charge in [-0.2, -0.15) is 0 Å². The van der Waals surface area contributed by atoms with Gasteiger partial charge in [0.1, 0.15) is 6.04 Å². The lowest BCUT2D eigenvalue weighted by Gasteiger charge is -2.33. The first-order valence-corrected chi connectivity index (χ1v) is 13.3. The van der Waals surface area contributed by atoms with Crippen LogP contribution in [0.3, 0.4) is 0 Å². The van der Waals surface area contributed by atoms with E-state index in [1.807, 2.05) is 61.5 Å². The lowest BCUT2D eigenvalue weighted by atomic mass is 10.00. The minimum absolute atomic E-state index is 0.0872. The number of nitrogens with one attached hydrogen (secondary N) is 1. The van der Waals surface area contributed by atoms with Gasteiger partial charge in [-0.1, -0.05) is 96.7 Å². The number of carbonyl (C=O) groups excluding carboxylic acids is 2. The molecule has 1 aliphatic carbocycles. The molecule has 3 aromatic rings. The first-order chi connectivity index (χ1) is 17.4. The quantitative estimate of drug-likeness (QED) is 0.346. The third-order valence-electron chi connectivity index (χ3n) is 6.93. The van der Waals surface area contributed by atoms with E-state index in [0.29, 0.717) is 28.6 Å². The van der Waals surface area contributed by atoms with Crippen molar-refractivity contribution in [1.29, 1.82) is 0 Å². The molecule has 0 saturated heterocycles. The van der Waals surface area contributed by atoms with Gasteiger partial charge in [-0.3, -0.25) is 9.59 Å². The van der Waals surface area contributed by atoms with Crippen LogP contribution in [-0.2, 0) is 29.0 Å². The van der Waals surface area contributed by atoms with Crippen molar-refractivity contribution in [2.45, 2.75) is 64.1 Å². The number of nitrogens with zero attached hydrogens (tertiary/aromatic N) is 1. The van der Waals surface area contributed by atoms with Crippen LogP contribution in [0.25, 0.3) is 0 Å². The van der Waals surface area contributed by atoms with E-state index < -0.39 is 6.04 Å². The Morgan fingerprint density at radius 2 is 1.64 bits per heavy atom. The van der Waals surface area contributed by atoms with Gasteiger partial charge in [-0.25, -0.2) is 0 Å². The Morgan fingerprint density at radius 1 is 0.944 bits per heavy atom. The molecule has 4 nitrogen and oxygen atoms in total. The van der Waals surface area contributed by atoms with Crippen LogP contribution in [-0.4, -0.2) is 28.8 Å². The van der Waals surface area contributed by atoms with E-state index in [1.165, 1.54) is 0 Å². The molecule has 36 heavy (non-hydrogen) atoms. The molecule has 188 valence electrons. The molecule has 0 bridgehead atoms. The highest BCUT2D eigenvalue weighted by Crippen LogP contribution is 2.24. The maximum atomic E-state index is 13.9. The largest absolute Gasteiger partial charge is 0.352 e. The number of halogens is 2. The SMILES string of the molecule is Cc1ccccc1CN(C(=O)Cc1ccc(Cl)cc1Cl)[C@@H](Cc1ccccc1)C(=O)NC1CCCC1. The number of rotatable bonds is 9. The molecule has 1 saturated carbocycles. The Hall–Kier alpha value is -2.82. The number of aryl methyl sites for hydroxylation is 1. The number of amides is 2. The topological polar surface area (TPSA) is 49.4 Å². The van der Waals surface area contributed by atoms with E-state index in [0.717, 1.165) is 42.4 Å². The summed E-state index contributed by atoms with van der Waals surface area (Å²) >= 11 is 12.5. The third-order valence-corrected chi connectivity index (χ3v) is 7.52. The van der Waals surface area contributed by atoms with E-state index in [-0.39, 0.29) is 24.3 Å². The molecule has 0 aromatic heterocycles. The second kappa shape index (κ2) is 12.4. The molecule has 1 aliphatic rings. The van der Waals surface area contributed by atoms with E-state index in [4.69, 9.17) is 23.2 Å². The van der Waals surface area contributed by atoms with Crippen molar-refractivity contribution in [2.75, 3.05) is 0 Å². The van der Waals surface area contributed by atoms with Gasteiger partial charge in [-0.05, 0) is 54.2 Å². The Kier molecular flexibility index (Phi) is 9.06. The lowest BCUT2D eigenvalue weighted by Crippen LogP contribution is -2.52. The van der Waals surface area contributed by atoms with Gasteiger partial charge in [-0.15, -0.1) is 0 Å². The maximum absolute atomic E-state index is 13.9. The second-order valence-corrected chi connectivity index (χ2v) is 10.4. The normalized spacial score (nSPS) is 14.4. The van der Waals surface area contributed by atoms with Crippen molar-refractivity contribution < 1.29 is 9.59 Å². The van der Waals surface area contributed by atoms with Gasteiger partial charge in [0.25, 0.3) is 0 Å². The van der Waals surface area contributed by atoms with Gasteiger partial charge in [0, 0.05) is 29.1 Å². The Labute approximate surface area is 223 Å². The van der Waals surface area contributed by atoms with E-state index in [9.17, 15) is 9.59 Å². The van der Waals surface area contributed by atoms with Gasteiger partial charge in [0.15, 0.2) is 0 Å². The molecule has 0 radical (unpaired) electrons. The molecule has 4 rings (SSSR count). The molecule has 0 spiro atoms. The van der Waals surface area contributed by atoms with Crippen molar-refractivity contribution in [1.82, 2.24) is 10.2 Å². The predicted molar refractivity (Wildman–Crippen MR) is 146 cm³/mol. The molecule has 2 amide bonds. The molecule has 1 atom stereocenters. The average Bonchev–Trinajstić information content (AvgIpc) is 3.37. The summed E-state index contributed by atoms with van der Waals surface area (Å²) in [5.74, 6) is -0.250. The van der Waals surface area contributed by atoms with Crippen LogP contribution in [0, 0.1) is 6.92 Å². The molecule has 6 heteroatoms. The summed E-state index contributed by atoms with van der Waals surface area (Å²) in [4.78, 5) is 29.4. The standard InChI is InChI=1S/C30H32Cl2N2O2/c1-21-9-5-6-12-24(21)20-34(29(35)18-23-15-16-25(31)19-27(23)32)28(17-22-10-3-2-4-11-22)30(36)33-26-13-7-8-14-26/h2-6,9-12,15-16,19,26,28H,7-8,13-14,17-18,20H2,1H3,(H,33,36)/t28-/m0/s1. The van der Waals surface area contributed by atoms with Crippen molar-refractivity contribution in [3.8, 4) is 0 Å². The van der Waals surface area contributed by atoms with Crippen LogP contribution in [0.1, 0.15) is 47.9 Å². The highest BCUT2D eigenvalue weighted by atomic mass is 35.5. The molecular formula is C30H32Cl2N2O2. The molecule has 1 fully saturated rings. The van der Waals surface area contributed by atoms with Crippen molar-refractivity contribution in [3.63, 3.8) is 0 Å². The monoisotopic (exact) mass is 522 g/mol. The Balaban J connectivity index is 1.68. The first-order valence-electron chi connectivity index (χ1n) is 12.5. The Bertz CT molecular complexity index is 1190. The zero-order valence-electron chi connectivity index (χ0n) is 20.6. The van der Waals surface area contributed by atoms with Gasteiger partial charge in [0.05, 0.1) is 6.42 Å². The summed E-state index contributed by atoms with van der Waals surface area (Å²) in [7, 11) is 0. The summed E-state index contributed by atoms with van der Waals surface area (Å²) in [5, 5.41) is 4.21. The van der Waals surface area contributed by atoms with Crippen LogP contribution in [0.15, 0.2) is 72.8 Å². The molecule has 1 N–H and O–H groups in total. The van der Waals surface area contributed by atoms with Crippen molar-refractivity contribution in [3.05, 3.63) is 105 Å². The third kappa shape index (κ3) is 6.89. The van der Waals surface area contributed by atoms with Crippen LogP contribution < -0.4 is 5.32 Å². The van der Waals surface area contributed by atoms with Crippen LogP contribution in [0.5, 0.6) is 0 Å². The summed E-state index contributed by atoms with van der Waals surface area (Å²) in [5.41, 5.74) is 3.79. The molecular weight excluding hydrogens is 491 g/mol. The number of carbonyl (C=O) groups is 2. The maximum Gasteiger partial charge on any atom is 0.243 e. The Morgan fingerprint density at radius 3 is 2.33 bits per heavy atom. The molecule has 0 unspecified atom stereocenters. The van der Waals surface area contributed by atoms with Gasteiger partial charge >= 0.3 is 0 Å². The van der Waals surface area contributed by atoms with Crippen LogP contribution in [0.2, 0.25) is 10.0 Å². The highest BCUT2D eigenvalue weighted by Gasteiger charge is 2.32. The molecule has 0 aliphatic heterocycles. The summed E-state index contributed by atoms with van der Waals surface area (Å²) < 4.78 is 0. The fourth-order valence-electron chi connectivity index (χ4n) is 4.82. The molecule has 0 heterocycles. The van der Waals surface area contributed by atoms with Crippen LogP contribution >= 0.6 is 23.2 Å². The summed E-state index contributed by atoms with van der Waals surface area (Å²) in [6.45, 7) is 2.37. The van der Waals surface area contributed by atoms with E-state index in [1.54, 1.807) is 23.1 Å². The minimum Gasteiger partial charge on any atom is -0.352 e. The zero-order valence-corrected chi connectivity index (χ0v) is 22.1. The number of hydrogen-bond acceptors (Lipinski definition) is 2. The van der Waals surface area contributed by atoms with E-state index >= 15 is 0 Å². The smallest absolute Gasteiger partial charge is 0.243 e. The van der Waals surface area contributed by atoms with Gasteiger partial charge < -0.3 is 10.2 Å². The summed E-state index contributed by atoms with van der Waals surface area (Å²) in [6.07, 6.45) is 4.73. The second-order valence-electron chi connectivity index (χ2n) is 9.56. The number of benzene rings is 3. The molecule has 3 aromatic carbocycles. The number of hydrogen-bond donors (Lipinski definition) is 1. The first kappa shape index (κ1) is 26.2. The summed E-state index contributed by atoms with van der Waals surface area (Å²) in [6, 6.07) is 22.5.